The van der Waals surface area contributed by atoms with E-state index in [1.54, 1.807) is 16.7 Å². The van der Waals surface area contributed by atoms with E-state index < -0.39 is 62.2 Å². The molecule has 59 heavy (non-hydrogen) atoms. The Labute approximate surface area is 369 Å². The molecule has 8 heteroatoms. The Kier molecular flexibility index (Phi) is 13.7. The van der Waals surface area contributed by atoms with Crippen molar-refractivity contribution in [2.45, 2.75) is 139 Å². The van der Waals surface area contributed by atoms with E-state index in [1.807, 2.05) is 0 Å². The normalized spacial score (nSPS) is 18.6. The van der Waals surface area contributed by atoms with Gasteiger partial charge in [0, 0.05) is 54.4 Å². The van der Waals surface area contributed by atoms with E-state index in [2.05, 4.69) is 245 Å². The molecule has 0 aliphatic carbocycles. The molecule has 0 radical (unpaired) electrons. The van der Waals surface area contributed by atoms with Crippen LogP contribution in [0.4, 0.5) is 0 Å². The van der Waals surface area contributed by atoms with Crippen molar-refractivity contribution in [3.05, 3.63) is 160 Å². The van der Waals surface area contributed by atoms with Gasteiger partial charge in [-0.05, 0) is 54.1 Å². The molecule has 0 unspecified atom stereocenters. The number of rotatable bonds is 14. The highest BCUT2D eigenvalue weighted by Crippen LogP contribution is 2.49. The minimum atomic E-state index is -3.37. The quantitative estimate of drug-likeness (QED) is 0.0987. The molecular weight excluding hydrogens is 825 g/mol. The second kappa shape index (κ2) is 16.8. The second-order valence-electron chi connectivity index (χ2n) is 24.5. The maximum atomic E-state index is 14.1. The zero-order valence-corrected chi connectivity index (χ0v) is 47.4. The van der Waals surface area contributed by atoms with Gasteiger partial charge in [0.1, 0.15) is 0 Å². The maximum Gasteiger partial charge on any atom is 0.270 e. The van der Waals surface area contributed by atoms with Crippen LogP contribution in [0.15, 0.2) is 127 Å². The van der Waals surface area contributed by atoms with Gasteiger partial charge in [-0.3, -0.25) is 0 Å². The van der Waals surface area contributed by atoms with Gasteiger partial charge in [-0.25, -0.2) is 0 Å². The average Bonchev–Trinajstić information content (AvgIpc) is 3.07. The number of hydrogen-bond acceptors (Lipinski definition) is 1. The molecule has 1 heterocycles. The molecule has 0 saturated heterocycles. The van der Waals surface area contributed by atoms with Gasteiger partial charge < -0.3 is 4.80 Å². The molecule has 318 valence electrons. The molecule has 0 bridgehead atoms. The highest BCUT2D eigenvalue weighted by molar-refractivity contribution is 7.00. The molecule has 0 amide bonds. The molecular formula is C51H80OSi7. The second-order valence-corrected chi connectivity index (χ2v) is 61.0. The summed E-state index contributed by atoms with van der Waals surface area (Å²) in [6.07, 6.45) is 4.90. The predicted octanol–water partition coefficient (Wildman–Crippen LogP) is 14.2. The predicted molar refractivity (Wildman–Crippen MR) is 283 cm³/mol. The van der Waals surface area contributed by atoms with E-state index in [0.29, 0.717) is 15.5 Å². The van der Waals surface area contributed by atoms with Crippen LogP contribution in [-0.2, 0) is 5.41 Å². The zero-order valence-electron chi connectivity index (χ0n) is 40.4. The highest BCUT2D eigenvalue weighted by atomic mass is 28.4. The van der Waals surface area contributed by atoms with Crippen LogP contribution in [-0.4, -0.2) is 61.6 Å². The van der Waals surface area contributed by atoms with Gasteiger partial charge in [0.2, 0.25) is 0 Å². The van der Waals surface area contributed by atoms with Crippen molar-refractivity contribution in [2.24, 2.45) is 5.92 Å². The van der Waals surface area contributed by atoms with E-state index in [9.17, 15) is 4.80 Å². The molecule has 0 aromatic heterocycles. The van der Waals surface area contributed by atoms with Crippen LogP contribution in [0, 0.1) is 5.92 Å². The van der Waals surface area contributed by atoms with E-state index in [4.69, 9.17) is 0 Å². The average molecular weight is 906 g/mol. The first-order valence-electron chi connectivity index (χ1n) is 22.4. The molecule has 4 aromatic carbocycles. The van der Waals surface area contributed by atoms with Crippen molar-refractivity contribution in [2.75, 3.05) is 0 Å². The van der Waals surface area contributed by atoms with Crippen molar-refractivity contribution in [3.63, 3.8) is 0 Å². The van der Waals surface area contributed by atoms with E-state index >= 15 is 0 Å². The van der Waals surface area contributed by atoms with Crippen LogP contribution >= 0.6 is 0 Å². The Hall–Kier alpha value is -2.16. The third-order valence-electron chi connectivity index (χ3n) is 13.1. The molecule has 0 atom stereocenters. The van der Waals surface area contributed by atoms with E-state index in [-0.39, 0.29) is 5.92 Å². The van der Waals surface area contributed by atoms with Gasteiger partial charge in [0.15, 0.2) is 0 Å². The lowest BCUT2D eigenvalue weighted by molar-refractivity contribution is 0.517. The zero-order chi connectivity index (χ0) is 44.2. The number of benzene rings is 4. The monoisotopic (exact) mass is 904 g/mol. The van der Waals surface area contributed by atoms with Crippen LogP contribution in [0.2, 0.25) is 118 Å². The summed E-state index contributed by atoms with van der Waals surface area (Å²) in [4.78, 5) is 14.1. The molecule has 1 aliphatic heterocycles. The van der Waals surface area contributed by atoms with Crippen molar-refractivity contribution in [1.82, 2.24) is 0 Å². The molecule has 0 spiro atoms. The van der Waals surface area contributed by atoms with Crippen molar-refractivity contribution >= 4 is 61.9 Å². The van der Waals surface area contributed by atoms with E-state index in [1.165, 1.54) is 21.9 Å². The van der Waals surface area contributed by atoms with Crippen LogP contribution in [0.1, 0.15) is 48.9 Å². The van der Waals surface area contributed by atoms with Gasteiger partial charge in [-0.1, -0.05) is 245 Å². The van der Waals surface area contributed by atoms with Gasteiger partial charge in [-0.2, -0.15) is 0 Å². The van der Waals surface area contributed by atoms with Gasteiger partial charge in [-0.15, -0.1) is 0 Å². The first-order chi connectivity index (χ1) is 26.9. The Morgan fingerprint density at radius 2 is 0.695 bits per heavy atom. The lowest BCUT2D eigenvalue weighted by Gasteiger charge is -2.47. The lowest BCUT2D eigenvalue weighted by atomic mass is 9.61. The molecule has 1 nitrogen and oxygen atoms in total. The fourth-order valence-electron chi connectivity index (χ4n) is 12.8. The Morgan fingerprint density at radius 3 is 0.949 bits per heavy atom. The summed E-state index contributed by atoms with van der Waals surface area (Å²) in [6.45, 7) is 47.2. The van der Waals surface area contributed by atoms with Crippen LogP contribution in [0.3, 0.4) is 0 Å². The number of allylic oxidation sites excluding steroid dienone is 2. The van der Waals surface area contributed by atoms with Crippen molar-refractivity contribution in [3.8, 4) is 0 Å². The minimum Gasteiger partial charge on any atom is -0.421 e. The van der Waals surface area contributed by atoms with Crippen LogP contribution in [0.5, 0.6) is 0 Å². The molecule has 0 saturated carbocycles. The minimum absolute atomic E-state index is 0.00590. The molecule has 0 fully saturated rings. The molecule has 4 aromatic rings. The van der Waals surface area contributed by atoms with Crippen molar-refractivity contribution < 1.29 is 4.80 Å². The summed E-state index contributed by atoms with van der Waals surface area (Å²) in [5.41, 5.74) is 12.8. The molecule has 1 aliphatic rings. The van der Waals surface area contributed by atoms with Gasteiger partial charge in [0.05, 0.1) is 5.41 Å². The third-order valence-corrected chi connectivity index (χ3v) is 43.7. The summed E-state index contributed by atoms with van der Waals surface area (Å²) in [6, 6.07) is 38.9. The summed E-state index contributed by atoms with van der Waals surface area (Å²) in [5, 5.41) is 3.05. The highest BCUT2D eigenvalue weighted by Gasteiger charge is 2.51. The smallest absolute Gasteiger partial charge is 0.270 e. The first-order valence-corrected chi connectivity index (χ1v) is 46.0. The first kappa shape index (κ1) is 47.9. The van der Waals surface area contributed by atoms with Gasteiger partial charge in [0.25, 0.3) is 8.32 Å². The molecule has 1 N–H and O–H groups in total. The topological polar surface area (TPSA) is 20.2 Å². The van der Waals surface area contributed by atoms with Gasteiger partial charge >= 0.3 is 0 Å². The Morgan fingerprint density at radius 1 is 0.424 bits per heavy atom. The standard InChI is InChI=1S/C51H80OSi7/c1-53(2,3)48(54(4,5)6)40-38-45(49(55(7,8)9)56(10,11)12)47(46(39-40)50(57(13,14)15)58(16,17)18)59(52)36-34-44(35-37-59)51(41-28-22-19-23-29-41,42-30-24-20-25-31-42)43-32-26-21-27-33-43/h19-39,44,48-50,52H,1-18H3. The summed E-state index contributed by atoms with van der Waals surface area (Å²) in [7, 11) is -13.8. The largest absolute Gasteiger partial charge is 0.421 e. The lowest BCUT2D eigenvalue weighted by Crippen LogP contribution is -2.59. The summed E-state index contributed by atoms with van der Waals surface area (Å²) in [5.74, 6) is 0.00590. The van der Waals surface area contributed by atoms with E-state index in [0.717, 1.165) is 0 Å². The summed E-state index contributed by atoms with van der Waals surface area (Å²) >= 11 is 0. The van der Waals surface area contributed by atoms with Crippen molar-refractivity contribution in [1.29, 1.82) is 0 Å². The Balaban J connectivity index is 1.95. The third kappa shape index (κ3) is 9.90. The Bertz CT molecular complexity index is 1900. The van der Waals surface area contributed by atoms with Crippen LogP contribution < -0.4 is 5.19 Å². The maximum absolute atomic E-state index is 14.1. The fraction of sp³-hybridized carbons (Fsp3) is 0.451. The summed E-state index contributed by atoms with van der Waals surface area (Å²) < 4.78 is 0. The fourth-order valence-corrected chi connectivity index (χ4v) is 54.3. The SMILES string of the molecule is C[Si](C)(C)C(c1cc(C([Si](C)(C)C)[Si](C)(C)C)c([Si]2(O)C=CC(C(c3ccccc3)(c3ccccc3)c3ccccc3)C=C2)c(C([Si](C)(C)C)[Si](C)(C)C)c1)[Si](C)(C)C. The molecule has 5 rings (SSSR count). The van der Waals surface area contributed by atoms with Crippen LogP contribution in [0.25, 0.3) is 0 Å². The number of hydrogen-bond donors (Lipinski definition) is 1.